The largest absolute Gasteiger partial charge is 0.506 e. The van der Waals surface area contributed by atoms with Gasteiger partial charge in [0.05, 0.1) is 43.3 Å². The number of thiophene rings is 1. The number of morpholine rings is 1. The molecule has 4 heterocycles. The van der Waals surface area contributed by atoms with Crippen molar-refractivity contribution >= 4 is 34.7 Å². The number of nitrogens with one attached hydrogen (secondary N) is 2. The number of fused-ring (bicyclic) bond motifs is 1. The SMILES string of the molecule is O=C1COc2c(CCNCCN(C(=O)CCOCCc3cccc(CN4CCC5(CC4)CN(C(=O)c4cccs4)CCO5)c3)C3CCCCC3)ccc(O)c2N1. The van der Waals surface area contributed by atoms with E-state index in [2.05, 4.69) is 44.7 Å². The molecular formula is C43H57N5O7S. The monoisotopic (exact) mass is 787 g/mol. The number of ether oxygens (including phenoxy) is 3. The Bertz CT molecular complexity index is 1770. The van der Waals surface area contributed by atoms with Crippen molar-refractivity contribution in [2.24, 2.45) is 0 Å². The van der Waals surface area contributed by atoms with Crippen molar-refractivity contribution in [3.8, 4) is 11.5 Å². The number of amides is 3. The van der Waals surface area contributed by atoms with Crippen LogP contribution < -0.4 is 15.4 Å². The van der Waals surface area contributed by atoms with Crippen molar-refractivity contribution in [2.75, 3.05) is 77.6 Å². The number of nitrogens with zero attached hydrogens (tertiary/aromatic N) is 3. The molecule has 2 aromatic carbocycles. The van der Waals surface area contributed by atoms with E-state index in [4.69, 9.17) is 14.2 Å². The molecule has 3 aliphatic heterocycles. The molecule has 3 N–H and O–H groups in total. The van der Waals surface area contributed by atoms with Gasteiger partial charge in [0, 0.05) is 45.3 Å². The van der Waals surface area contributed by atoms with Gasteiger partial charge in [0.25, 0.3) is 11.8 Å². The van der Waals surface area contributed by atoms with Gasteiger partial charge in [0.2, 0.25) is 5.91 Å². The number of carbonyl (C=O) groups is 3. The second-order valence-electron chi connectivity index (χ2n) is 15.6. The van der Waals surface area contributed by atoms with Gasteiger partial charge in [-0.3, -0.25) is 19.3 Å². The molecule has 1 spiro atoms. The number of phenols is 1. The Labute approximate surface area is 334 Å². The normalized spacial score (nSPS) is 18.6. The van der Waals surface area contributed by atoms with Crippen molar-refractivity contribution in [2.45, 2.75) is 82.4 Å². The fourth-order valence-corrected chi connectivity index (χ4v) is 9.29. The summed E-state index contributed by atoms with van der Waals surface area (Å²) in [5.74, 6) is 0.520. The van der Waals surface area contributed by atoms with Crippen molar-refractivity contribution in [3.05, 3.63) is 75.5 Å². The van der Waals surface area contributed by atoms with E-state index in [-0.39, 0.29) is 41.7 Å². The van der Waals surface area contributed by atoms with Gasteiger partial charge in [-0.25, -0.2) is 0 Å². The zero-order valence-electron chi connectivity index (χ0n) is 32.5. The molecule has 1 aromatic heterocycles. The molecular weight excluding hydrogens is 731 g/mol. The van der Waals surface area contributed by atoms with Gasteiger partial charge in [0.15, 0.2) is 12.4 Å². The predicted molar refractivity (Wildman–Crippen MR) is 216 cm³/mol. The van der Waals surface area contributed by atoms with Gasteiger partial charge in [0.1, 0.15) is 11.4 Å². The lowest BCUT2D eigenvalue weighted by molar-refractivity contribution is -0.135. The van der Waals surface area contributed by atoms with Crippen molar-refractivity contribution in [1.29, 1.82) is 0 Å². The van der Waals surface area contributed by atoms with Crippen LogP contribution in [0.4, 0.5) is 5.69 Å². The van der Waals surface area contributed by atoms with Gasteiger partial charge >= 0.3 is 0 Å². The van der Waals surface area contributed by atoms with Crippen LogP contribution in [0.25, 0.3) is 0 Å². The standard InChI is InChI=1S/C43H57N5O7S/c49-36-12-11-34(41-40(36)45-38(50)30-54-41)13-18-44-19-22-48(35-8-2-1-3-9-35)39(51)15-25-53-24-14-32-6-4-7-33(28-32)29-46-20-16-43(17-21-46)31-47(23-26-55-43)42(52)37-10-5-27-56-37/h4-7,10-12,27-28,35,44,49H,1-3,8-9,13-26,29-31H2,(H,45,50). The minimum Gasteiger partial charge on any atom is -0.506 e. The fourth-order valence-electron chi connectivity index (χ4n) is 8.59. The molecule has 0 bridgehead atoms. The van der Waals surface area contributed by atoms with E-state index in [1.54, 1.807) is 6.07 Å². The molecule has 0 radical (unpaired) electrons. The van der Waals surface area contributed by atoms with Crippen LogP contribution in [0.5, 0.6) is 11.5 Å². The van der Waals surface area contributed by atoms with Gasteiger partial charge in [-0.1, -0.05) is 55.7 Å². The summed E-state index contributed by atoms with van der Waals surface area (Å²) in [5.41, 5.74) is 3.52. The summed E-state index contributed by atoms with van der Waals surface area (Å²) in [4.78, 5) is 45.6. The number of phenolic OH excluding ortho intramolecular Hbond substituents is 1. The third-order valence-corrected chi connectivity index (χ3v) is 12.6. The first-order valence-electron chi connectivity index (χ1n) is 20.5. The highest BCUT2D eigenvalue weighted by Gasteiger charge is 2.41. The number of likely N-dealkylation sites (tertiary alicyclic amines) is 1. The Morgan fingerprint density at radius 2 is 1.84 bits per heavy atom. The van der Waals surface area contributed by atoms with Gasteiger partial charge in [-0.15, -0.1) is 11.3 Å². The first kappa shape index (κ1) is 40.2. The van der Waals surface area contributed by atoms with Crippen molar-refractivity contribution < 1.29 is 33.7 Å². The highest BCUT2D eigenvalue weighted by molar-refractivity contribution is 7.12. The van der Waals surface area contributed by atoms with Crippen LogP contribution in [0.2, 0.25) is 0 Å². The number of benzene rings is 2. The molecule has 302 valence electrons. The molecule has 3 fully saturated rings. The van der Waals surface area contributed by atoms with Crippen LogP contribution >= 0.6 is 11.3 Å². The van der Waals surface area contributed by atoms with Gasteiger partial charge in [-0.2, -0.15) is 0 Å². The lowest BCUT2D eigenvalue weighted by atomic mass is 9.89. The van der Waals surface area contributed by atoms with E-state index >= 15 is 0 Å². The second kappa shape index (κ2) is 19.4. The Morgan fingerprint density at radius 1 is 1.00 bits per heavy atom. The molecule has 0 atom stereocenters. The van der Waals surface area contributed by atoms with E-state index in [9.17, 15) is 19.5 Å². The topological polar surface area (TPSA) is 133 Å². The molecule has 7 rings (SSSR count). The molecule has 56 heavy (non-hydrogen) atoms. The van der Waals surface area contributed by atoms with Gasteiger partial charge < -0.3 is 39.8 Å². The molecule has 12 nitrogen and oxygen atoms in total. The average Bonchev–Trinajstić information content (AvgIpc) is 3.77. The lowest BCUT2D eigenvalue weighted by Crippen LogP contribution is -2.57. The van der Waals surface area contributed by atoms with Crippen LogP contribution in [-0.2, 0) is 38.4 Å². The minimum absolute atomic E-state index is 0.00316. The summed E-state index contributed by atoms with van der Waals surface area (Å²) in [6.45, 7) is 7.60. The highest BCUT2D eigenvalue weighted by Crippen LogP contribution is 2.39. The summed E-state index contributed by atoms with van der Waals surface area (Å²) in [7, 11) is 0. The zero-order chi connectivity index (χ0) is 38.7. The number of hydrogen-bond acceptors (Lipinski definition) is 10. The van der Waals surface area contributed by atoms with Crippen LogP contribution in [0.1, 0.15) is 77.7 Å². The maximum atomic E-state index is 13.5. The van der Waals surface area contributed by atoms with Crippen LogP contribution in [0.15, 0.2) is 53.9 Å². The number of rotatable bonds is 16. The van der Waals surface area contributed by atoms with E-state index in [0.717, 1.165) is 75.0 Å². The number of hydrogen-bond donors (Lipinski definition) is 3. The Morgan fingerprint density at radius 3 is 2.66 bits per heavy atom. The smallest absolute Gasteiger partial charge is 0.264 e. The first-order valence-corrected chi connectivity index (χ1v) is 21.4. The number of aromatic hydroxyl groups is 1. The van der Waals surface area contributed by atoms with Crippen LogP contribution in [0.3, 0.4) is 0 Å². The van der Waals surface area contributed by atoms with Crippen molar-refractivity contribution in [1.82, 2.24) is 20.0 Å². The second-order valence-corrected chi connectivity index (χ2v) is 16.6. The molecule has 13 heteroatoms. The zero-order valence-corrected chi connectivity index (χ0v) is 33.3. The molecule has 4 aliphatic rings. The molecule has 0 unspecified atom stereocenters. The van der Waals surface area contributed by atoms with E-state index < -0.39 is 0 Å². The number of piperidine rings is 1. The summed E-state index contributed by atoms with van der Waals surface area (Å²) in [5, 5.41) is 18.3. The summed E-state index contributed by atoms with van der Waals surface area (Å²) >= 11 is 1.50. The summed E-state index contributed by atoms with van der Waals surface area (Å²) in [6, 6.07) is 16.3. The first-order chi connectivity index (χ1) is 27.4. The maximum absolute atomic E-state index is 13.5. The van der Waals surface area contributed by atoms with Gasteiger partial charge in [-0.05, 0) is 79.3 Å². The third kappa shape index (κ3) is 10.5. The molecule has 1 saturated carbocycles. The van der Waals surface area contributed by atoms with E-state index in [1.165, 1.54) is 28.9 Å². The molecule has 2 saturated heterocycles. The number of anilines is 1. The van der Waals surface area contributed by atoms with Crippen LogP contribution in [-0.4, -0.2) is 121 Å². The Balaban J connectivity index is 0.810. The molecule has 3 aromatic rings. The van der Waals surface area contributed by atoms with Crippen molar-refractivity contribution in [3.63, 3.8) is 0 Å². The average molecular weight is 788 g/mol. The highest BCUT2D eigenvalue weighted by atomic mass is 32.1. The van der Waals surface area contributed by atoms with E-state index in [1.807, 2.05) is 28.5 Å². The lowest BCUT2D eigenvalue weighted by Gasteiger charge is -2.47. The molecule has 1 aliphatic carbocycles. The summed E-state index contributed by atoms with van der Waals surface area (Å²) < 4.78 is 18.0. The summed E-state index contributed by atoms with van der Waals surface area (Å²) in [6.07, 6.45) is 9.32. The van der Waals surface area contributed by atoms with Crippen LogP contribution in [0, 0.1) is 0 Å². The fraction of sp³-hybridized carbons (Fsp3) is 0.558. The Kier molecular flexibility index (Phi) is 13.9. The Hall–Kier alpha value is -4.01. The molecule has 3 amide bonds. The van der Waals surface area contributed by atoms with E-state index in [0.29, 0.717) is 76.8 Å². The minimum atomic E-state index is -0.279. The maximum Gasteiger partial charge on any atom is 0.264 e. The number of carbonyl (C=O) groups excluding carboxylic acids is 3. The quantitative estimate of drug-likeness (QED) is 0.132. The predicted octanol–water partition coefficient (Wildman–Crippen LogP) is 5.23. The third-order valence-electron chi connectivity index (χ3n) is 11.7.